The van der Waals surface area contributed by atoms with E-state index < -0.39 is 10.8 Å². The number of hydrogen-bond donors (Lipinski definition) is 1. The molecule has 1 N–H and O–H groups in total. The van der Waals surface area contributed by atoms with Crippen LogP contribution in [-0.2, 0) is 0 Å². The van der Waals surface area contributed by atoms with E-state index >= 15 is 0 Å². The Morgan fingerprint density at radius 1 is 1.06 bits per heavy atom. The van der Waals surface area contributed by atoms with Gasteiger partial charge in [-0.25, -0.2) is 0 Å². The third-order valence-electron chi connectivity index (χ3n) is 4.70. The Morgan fingerprint density at radius 2 is 1.84 bits per heavy atom. The lowest BCUT2D eigenvalue weighted by Gasteiger charge is -2.09. The van der Waals surface area contributed by atoms with Gasteiger partial charge in [-0.1, -0.05) is 30.3 Å². The second-order valence-corrected chi connectivity index (χ2v) is 6.62. The fraction of sp³-hybridized carbons (Fsp3) is 0.0435. The first-order valence-corrected chi connectivity index (χ1v) is 9.27. The second kappa shape index (κ2) is 8.11. The Labute approximate surface area is 175 Å². The molecule has 8 nitrogen and oxygen atoms in total. The van der Waals surface area contributed by atoms with Gasteiger partial charge in [0.1, 0.15) is 17.6 Å². The molecule has 4 rings (SSSR count). The van der Waals surface area contributed by atoms with Gasteiger partial charge in [-0.15, -0.1) is 0 Å². The van der Waals surface area contributed by atoms with Crippen molar-refractivity contribution in [3.63, 3.8) is 0 Å². The van der Waals surface area contributed by atoms with Gasteiger partial charge in [-0.05, 0) is 29.8 Å². The predicted molar refractivity (Wildman–Crippen MR) is 114 cm³/mol. The molecule has 3 aromatic carbocycles. The number of carbonyl (C=O) groups is 1. The quantitative estimate of drug-likeness (QED) is 0.378. The van der Waals surface area contributed by atoms with E-state index in [1.807, 2.05) is 30.3 Å². The molecule has 154 valence electrons. The number of nitrogens with one attached hydrogen (secondary N) is 1. The third-order valence-corrected chi connectivity index (χ3v) is 4.70. The maximum Gasteiger partial charge on any atom is 0.312 e. The van der Waals surface area contributed by atoms with Crippen molar-refractivity contribution in [3.05, 3.63) is 98.9 Å². The van der Waals surface area contributed by atoms with Crippen LogP contribution in [0.1, 0.15) is 10.4 Å². The summed E-state index contributed by atoms with van der Waals surface area (Å²) < 4.78 is 11.3. The Hall–Kier alpha value is -4.46. The van der Waals surface area contributed by atoms with Gasteiger partial charge < -0.3 is 14.5 Å². The van der Waals surface area contributed by atoms with E-state index in [4.69, 9.17) is 9.15 Å². The summed E-state index contributed by atoms with van der Waals surface area (Å²) in [7, 11) is 1.44. The van der Waals surface area contributed by atoms with E-state index in [9.17, 15) is 19.7 Å². The lowest BCUT2D eigenvalue weighted by molar-refractivity contribution is -0.385. The molecule has 0 aliphatic rings. The molecule has 8 heteroatoms. The van der Waals surface area contributed by atoms with Crippen molar-refractivity contribution in [2.45, 2.75) is 0 Å². The summed E-state index contributed by atoms with van der Waals surface area (Å²) in [6, 6.07) is 17.6. The van der Waals surface area contributed by atoms with Crippen LogP contribution in [0.25, 0.3) is 22.1 Å². The third kappa shape index (κ3) is 3.86. The largest absolute Gasteiger partial charge is 0.463 e. The van der Waals surface area contributed by atoms with E-state index in [0.717, 1.165) is 11.6 Å². The van der Waals surface area contributed by atoms with Gasteiger partial charge in [0, 0.05) is 24.7 Å². The lowest BCUT2D eigenvalue weighted by atomic mass is 10.1. The van der Waals surface area contributed by atoms with Gasteiger partial charge in [0.05, 0.1) is 15.9 Å². The first-order chi connectivity index (χ1) is 15.0. The Bertz CT molecular complexity index is 1360. The summed E-state index contributed by atoms with van der Waals surface area (Å²) in [6.07, 6.45) is 1.38. The summed E-state index contributed by atoms with van der Waals surface area (Å²) in [5.74, 6) is -0.240. The van der Waals surface area contributed by atoms with Crippen LogP contribution in [0.3, 0.4) is 0 Å². The molecule has 0 radical (unpaired) electrons. The molecule has 0 fully saturated rings. The van der Waals surface area contributed by atoms with E-state index in [-0.39, 0.29) is 33.8 Å². The SMILES string of the molecule is CNC(=O)c1ccc(Oc2ccc3c(=O)c(-c4ccccc4)coc3c2)c([N+](=O)[O-])c1. The van der Waals surface area contributed by atoms with Gasteiger partial charge in [-0.2, -0.15) is 0 Å². The van der Waals surface area contributed by atoms with Crippen LogP contribution >= 0.6 is 0 Å². The van der Waals surface area contributed by atoms with Crippen molar-refractivity contribution in [2.75, 3.05) is 7.05 Å². The zero-order valence-corrected chi connectivity index (χ0v) is 16.3. The predicted octanol–water partition coefficient (Wildman–Crippen LogP) is 4.52. The van der Waals surface area contributed by atoms with Gasteiger partial charge in [0.25, 0.3) is 5.91 Å². The molecule has 0 aliphatic heterocycles. The molecule has 0 spiro atoms. The van der Waals surface area contributed by atoms with E-state index in [0.29, 0.717) is 10.9 Å². The number of nitro benzene ring substituents is 1. The molecule has 1 aromatic heterocycles. The monoisotopic (exact) mass is 416 g/mol. The van der Waals surface area contributed by atoms with Gasteiger partial charge >= 0.3 is 5.69 Å². The van der Waals surface area contributed by atoms with Crippen molar-refractivity contribution in [3.8, 4) is 22.6 Å². The van der Waals surface area contributed by atoms with E-state index in [1.165, 1.54) is 37.6 Å². The molecule has 0 saturated carbocycles. The van der Waals surface area contributed by atoms with E-state index in [2.05, 4.69) is 5.32 Å². The van der Waals surface area contributed by atoms with Gasteiger partial charge in [-0.3, -0.25) is 19.7 Å². The van der Waals surface area contributed by atoms with E-state index in [1.54, 1.807) is 6.07 Å². The number of ether oxygens (including phenoxy) is 1. The topological polar surface area (TPSA) is 112 Å². The summed E-state index contributed by atoms with van der Waals surface area (Å²) >= 11 is 0. The minimum absolute atomic E-state index is 0.0414. The summed E-state index contributed by atoms with van der Waals surface area (Å²) in [5, 5.41) is 14.2. The zero-order valence-electron chi connectivity index (χ0n) is 16.3. The molecule has 0 unspecified atom stereocenters. The fourth-order valence-electron chi connectivity index (χ4n) is 3.15. The molecule has 4 aromatic rings. The van der Waals surface area contributed by atoms with Crippen LogP contribution in [0.4, 0.5) is 5.69 Å². The molecular weight excluding hydrogens is 400 g/mol. The Balaban J connectivity index is 1.71. The highest BCUT2D eigenvalue weighted by molar-refractivity contribution is 5.95. The van der Waals surface area contributed by atoms with Crippen molar-refractivity contribution in [1.29, 1.82) is 0 Å². The second-order valence-electron chi connectivity index (χ2n) is 6.62. The maximum atomic E-state index is 12.8. The number of benzene rings is 3. The average molecular weight is 416 g/mol. The smallest absolute Gasteiger partial charge is 0.312 e. The standard InChI is InChI=1S/C23H16N2O6/c1-24-23(27)15-7-10-20(19(11-15)25(28)29)31-16-8-9-17-21(12-16)30-13-18(22(17)26)14-5-3-2-4-6-14/h2-13H,1H3,(H,24,27). The molecule has 0 atom stereocenters. The van der Waals surface area contributed by atoms with Gasteiger partial charge in [0.15, 0.2) is 5.43 Å². The van der Waals surface area contributed by atoms with Crippen LogP contribution in [0.5, 0.6) is 11.5 Å². The zero-order chi connectivity index (χ0) is 22.0. The number of nitrogens with zero attached hydrogens (tertiary/aromatic N) is 1. The normalized spacial score (nSPS) is 10.6. The number of nitro groups is 1. The molecule has 0 aliphatic carbocycles. The van der Waals surface area contributed by atoms with Crippen LogP contribution in [0, 0.1) is 10.1 Å². The van der Waals surface area contributed by atoms with Crippen molar-refractivity contribution >= 4 is 22.6 Å². The van der Waals surface area contributed by atoms with Crippen molar-refractivity contribution in [2.24, 2.45) is 0 Å². The van der Waals surface area contributed by atoms with Crippen molar-refractivity contribution < 1.29 is 18.9 Å². The lowest BCUT2D eigenvalue weighted by Crippen LogP contribution is -2.17. The number of carbonyl (C=O) groups excluding carboxylic acids is 1. The average Bonchev–Trinajstić information content (AvgIpc) is 2.79. The van der Waals surface area contributed by atoms with Crippen LogP contribution < -0.4 is 15.5 Å². The summed E-state index contributed by atoms with van der Waals surface area (Å²) in [5.41, 5.74) is 1.04. The number of amides is 1. The maximum absolute atomic E-state index is 12.8. The Morgan fingerprint density at radius 3 is 2.55 bits per heavy atom. The molecule has 1 amide bonds. The van der Waals surface area contributed by atoms with Crippen molar-refractivity contribution in [1.82, 2.24) is 5.32 Å². The minimum atomic E-state index is -0.630. The van der Waals surface area contributed by atoms with Gasteiger partial charge in [0.2, 0.25) is 5.75 Å². The van der Waals surface area contributed by atoms with Crippen LogP contribution in [0.15, 0.2) is 82.2 Å². The summed E-state index contributed by atoms with van der Waals surface area (Å²) in [4.78, 5) is 35.4. The van der Waals surface area contributed by atoms with Crippen LogP contribution in [0.2, 0.25) is 0 Å². The molecule has 0 bridgehead atoms. The summed E-state index contributed by atoms with van der Waals surface area (Å²) in [6.45, 7) is 0. The molecule has 0 saturated heterocycles. The molecular formula is C23H16N2O6. The fourth-order valence-corrected chi connectivity index (χ4v) is 3.15. The molecule has 31 heavy (non-hydrogen) atoms. The first kappa shape index (κ1) is 19.8. The molecule has 1 heterocycles. The minimum Gasteiger partial charge on any atom is -0.463 e. The Kier molecular flexibility index (Phi) is 5.19. The number of hydrogen-bond acceptors (Lipinski definition) is 6. The highest BCUT2D eigenvalue weighted by Crippen LogP contribution is 2.33. The highest BCUT2D eigenvalue weighted by Gasteiger charge is 2.19. The number of rotatable bonds is 5. The highest BCUT2D eigenvalue weighted by atomic mass is 16.6. The van der Waals surface area contributed by atoms with Crippen LogP contribution in [-0.4, -0.2) is 17.9 Å². The first-order valence-electron chi connectivity index (χ1n) is 9.27. The number of fused-ring (bicyclic) bond motifs is 1.